The van der Waals surface area contributed by atoms with Crippen molar-refractivity contribution in [2.24, 2.45) is 29.2 Å². The van der Waals surface area contributed by atoms with Gasteiger partial charge in [0.05, 0.1) is 37.1 Å². The van der Waals surface area contributed by atoms with E-state index in [-0.39, 0.29) is 31.7 Å². The van der Waals surface area contributed by atoms with E-state index in [0.29, 0.717) is 12.2 Å². The zero-order valence-corrected chi connectivity index (χ0v) is 38.0. The first kappa shape index (κ1) is 57.9. The number of primary amides is 1. The second kappa shape index (κ2) is 29.3. The van der Waals surface area contributed by atoms with Gasteiger partial charge in [-0.05, 0) is 55.9 Å². The molecule has 0 saturated heterocycles. The van der Waals surface area contributed by atoms with Crippen LogP contribution in [-0.2, 0) is 47.9 Å². The Morgan fingerprint density at radius 3 is 1.63 bits per heavy atom. The number of nitrogens with one attached hydrogen (secondary N) is 7. The van der Waals surface area contributed by atoms with Crippen LogP contribution in [0.15, 0.2) is 0 Å². The fraction of sp³-hybridized carbons (Fsp3) is 0.744. The molecule has 0 aliphatic heterocycles. The van der Waals surface area contributed by atoms with Crippen molar-refractivity contribution in [1.82, 2.24) is 37.2 Å². The minimum absolute atomic E-state index is 0.128. The fourth-order valence-electron chi connectivity index (χ4n) is 5.94. The number of carboxylic acids is 3. The first-order valence-corrected chi connectivity index (χ1v) is 22.1. The molecule has 24 heteroatoms. The highest BCUT2D eigenvalue weighted by Gasteiger charge is 2.35. The van der Waals surface area contributed by atoms with E-state index in [0.717, 1.165) is 0 Å². The molecule has 0 aliphatic rings. The predicted molar refractivity (Wildman–Crippen MR) is 230 cm³/mol. The van der Waals surface area contributed by atoms with Crippen LogP contribution >= 0.6 is 11.8 Å². The molecule has 360 valence electrons. The van der Waals surface area contributed by atoms with Gasteiger partial charge in [-0.3, -0.25) is 47.9 Å². The summed E-state index contributed by atoms with van der Waals surface area (Å²) in [4.78, 5) is 125. The highest BCUT2D eigenvalue weighted by molar-refractivity contribution is 7.98. The number of aliphatic carboxylic acids is 3. The molecule has 0 aromatic carbocycles. The van der Waals surface area contributed by atoms with E-state index in [4.69, 9.17) is 21.7 Å². The number of amides is 7. The van der Waals surface area contributed by atoms with Crippen molar-refractivity contribution in [3.05, 3.63) is 0 Å². The standard InChI is InChI=1S/C39H69N9O14S/c1-9-20(6)32(48-35(58)22(40)10-11-28(50)51)39(62)46-26(16-30(54)55)37(60)44-24(14-18(2)3)27(49)17-42-23(12-13-63-8)36(59)47-31(19(4)5)38(61)43-21(7)34(57)45-25(33(41)56)15-29(52)53/h18-27,31-32,42,49H,9-17,40H2,1-8H3,(H2,41,56)(H,43,61)(H,44,60)(H,45,57)(H,46,62)(H,47,59)(H,48,58)(H,50,51)(H,52,53)(H,54,55)/t20-,21-,22-,23-,24-,25-,26-,27-,31-,32-/m0/s1. The number of carboxylic acid groups (broad SMARTS) is 3. The van der Waals surface area contributed by atoms with Gasteiger partial charge in [-0.1, -0.05) is 48.0 Å². The molecule has 0 unspecified atom stereocenters. The maximum Gasteiger partial charge on any atom is 0.305 e. The van der Waals surface area contributed by atoms with Crippen LogP contribution in [0.25, 0.3) is 0 Å². The van der Waals surface area contributed by atoms with Gasteiger partial charge in [0.25, 0.3) is 0 Å². The van der Waals surface area contributed by atoms with Crippen LogP contribution in [0.5, 0.6) is 0 Å². The van der Waals surface area contributed by atoms with Crippen LogP contribution < -0.4 is 48.7 Å². The Hall–Kier alpha value is -5.07. The molecule has 0 rings (SSSR count). The van der Waals surface area contributed by atoms with Gasteiger partial charge in [0.15, 0.2) is 0 Å². The molecular weight excluding hydrogens is 851 g/mol. The van der Waals surface area contributed by atoms with Crippen LogP contribution in [0.2, 0.25) is 0 Å². The summed E-state index contributed by atoms with van der Waals surface area (Å²) in [7, 11) is 0. The molecule has 0 aromatic heterocycles. The van der Waals surface area contributed by atoms with Crippen molar-refractivity contribution in [2.75, 3.05) is 18.6 Å². The molecule has 0 saturated carbocycles. The van der Waals surface area contributed by atoms with Crippen LogP contribution in [0, 0.1) is 17.8 Å². The molecule has 0 heterocycles. The van der Waals surface area contributed by atoms with E-state index < -0.39 is 145 Å². The molecule has 0 aliphatic carbocycles. The molecular formula is C39H69N9O14S. The van der Waals surface area contributed by atoms with E-state index in [9.17, 15) is 58.2 Å². The average Bonchev–Trinajstić information content (AvgIpc) is 3.18. The van der Waals surface area contributed by atoms with Crippen molar-refractivity contribution >= 4 is 71.0 Å². The summed E-state index contributed by atoms with van der Waals surface area (Å²) in [5.41, 5.74) is 11.0. The zero-order chi connectivity index (χ0) is 48.7. The minimum atomic E-state index is -1.67. The van der Waals surface area contributed by atoms with E-state index in [1.807, 2.05) is 0 Å². The van der Waals surface area contributed by atoms with E-state index >= 15 is 0 Å². The molecule has 0 radical (unpaired) electrons. The van der Waals surface area contributed by atoms with Crippen molar-refractivity contribution in [1.29, 1.82) is 0 Å². The number of aliphatic hydroxyl groups excluding tert-OH is 1. The number of aliphatic hydroxyl groups is 1. The van der Waals surface area contributed by atoms with Gasteiger partial charge in [-0.25, -0.2) is 0 Å². The van der Waals surface area contributed by atoms with E-state index in [1.165, 1.54) is 18.7 Å². The number of thioether (sulfide) groups is 1. The number of nitrogens with two attached hydrogens (primary N) is 2. The van der Waals surface area contributed by atoms with Crippen LogP contribution in [-0.4, -0.2) is 153 Å². The summed E-state index contributed by atoms with van der Waals surface area (Å²) in [5.74, 6) is -10.8. The lowest BCUT2D eigenvalue weighted by atomic mass is 9.96. The van der Waals surface area contributed by atoms with Crippen LogP contribution in [0.3, 0.4) is 0 Å². The number of carbonyl (C=O) groups is 10. The Balaban J connectivity index is 6.12. The van der Waals surface area contributed by atoms with Gasteiger partial charge in [-0.2, -0.15) is 11.8 Å². The lowest BCUT2D eigenvalue weighted by Gasteiger charge is -2.31. The third-order valence-electron chi connectivity index (χ3n) is 9.87. The summed E-state index contributed by atoms with van der Waals surface area (Å²) in [6.07, 6.45) is -1.09. The van der Waals surface area contributed by atoms with E-state index in [2.05, 4.69) is 37.2 Å². The molecule has 0 bridgehead atoms. The second-order valence-corrected chi connectivity index (χ2v) is 17.1. The first-order valence-electron chi connectivity index (χ1n) is 20.7. The highest BCUT2D eigenvalue weighted by atomic mass is 32.2. The number of rotatable bonds is 32. The summed E-state index contributed by atoms with van der Waals surface area (Å²) in [6, 6.07) is -10.2. The maximum absolute atomic E-state index is 13.7. The molecule has 0 aromatic rings. The Kier molecular flexibility index (Phi) is 27.0. The zero-order valence-electron chi connectivity index (χ0n) is 37.2. The number of hydrogen-bond acceptors (Lipinski definition) is 14. The molecule has 63 heavy (non-hydrogen) atoms. The highest BCUT2D eigenvalue weighted by Crippen LogP contribution is 2.13. The predicted octanol–water partition coefficient (Wildman–Crippen LogP) is -2.64. The smallest absolute Gasteiger partial charge is 0.305 e. The quantitative estimate of drug-likeness (QED) is 0.0328. The Morgan fingerprint density at radius 1 is 0.619 bits per heavy atom. The Morgan fingerprint density at radius 2 is 1.14 bits per heavy atom. The molecule has 15 N–H and O–H groups in total. The third-order valence-corrected chi connectivity index (χ3v) is 10.5. The molecule has 0 spiro atoms. The lowest BCUT2D eigenvalue weighted by molar-refractivity contribution is -0.142. The molecule has 0 fully saturated rings. The van der Waals surface area contributed by atoms with Gasteiger partial charge < -0.3 is 69.1 Å². The fourth-order valence-corrected chi connectivity index (χ4v) is 6.41. The number of carbonyl (C=O) groups excluding carboxylic acids is 7. The van der Waals surface area contributed by atoms with Crippen LogP contribution in [0.1, 0.15) is 93.4 Å². The molecule has 7 amide bonds. The van der Waals surface area contributed by atoms with Gasteiger partial charge >= 0.3 is 17.9 Å². The van der Waals surface area contributed by atoms with Gasteiger partial charge in [0, 0.05) is 13.0 Å². The maximum atomic E-state index is 13.7. The topological polar surface area (TPSA) is 388 Å². The Labute approximate surface area is 371 Å². The third kappa shape index (κ3) is 22.7. The van der Waals surface area contributed by atoms with Crippen LogP contribution in [0.4, 0.5) is 0 Å². The Bertz CT molecular complexity index is 1590. The van der Waals surface area contributed by atoms with Crippen molar-refractivity contribution < 1.29 is 68.4 Å². The van der Waals surface area contributed by atoms with E-state index in [1.54, 1.807) is 47.8 Å². The monoisotopic (exact) mass is 919 g/mol. The van der Waals surface area contributed by atoms with Crippen molar-refractivity contribution in [2.45, 2.75) is 148 Å². The summed E-state index contributed by atoms with van der Waals surface area (Å²) >= 11 is 1.42. The van der Waals surface area contributed by atoms with Gasteiger partial charge in [0.1, 0.15) is 30.2 Å². The lowest BCUT2D eigenvalue weighted by Crippen LogP contribution is -2.60. The van der Waals surface area contributed by atoms with Gasteiger partial charge in [0.2, 0.25) is 41.4 Å². The molecule has 23 nitrogen and oxygen atoms in total. The second-order valence-electron chi connectivity index (χ2n) is 16.1. The van der Waals surface area contributed by atoms with Gasteiger partial charge in [-0.15, -0.1) is 0 Å². The van der Waals surface area contributed by atoms with Crippen molar-refractivity contribution in [3.63, 3.8) is 0 Å². The summed E-state index contributed by atoms with van der Waals surface area (Å²) in [5, 5.41) is 56.8. The number of hydrogen-bond donors (Lipinski definition) is 13. The largest absolute Gasteiger partial charge is 0.481 e. The normalized spacial score (nSPS) is 16.1. The first-order chi connectivity index (χ1) is 29.2. The summed E-state index contributed by atoms with van der Waals surface area (Å²) in [6.45, 7) is 11.3. The van der Waals surface area contributed by atoms with Crippen molar-refractivity contribution in [3.8, 4) is 0 Å². The average molecular weight is 920 g/mol. The summed E-state index contributed by atoms with van der Waals surface area (Å²) < 4.78 is 0. The minimum Gasteiger partial charge on any atom is -0.481 e. The molecule has 10 atom stereocenters. The SMILES string of the molecule is CC[C@H](C)[C@H](NC(=O)[C@@H](N)CCC(=O)O)C(=O)N[C@@H](CC(=O)O)C(=O)N[C@@H](CC(C)C)[C@@H](O)CN[C@@H](CCSC)C(=O)N[C@H](C(=O)N[C@@H](C)C(=O)N[C@@H](CC(=O)O)C(N)=O)C(C)C.